The summed E-state index contributed by atoms with van der Waals surface area (Å²) >= 11 is 0. The van der Waals surface area contributed by atoms with E-state index in [0.717, 1.165) is 56.7 Å². The van der Waals surface area contributed by atoms with E-state index in [2.05, 4.69) is 16.0 Å². The molecule has 390 valence electrons. The van der Waals surface area contributed by atoms with Gasteiger partial charge in [-0.2, -0.15) is 0 Å². The van der Waals surface area contributed by atoms with Crippen LogP contribution >= 0.6 is 0 Å². The summed E-state index contributed by atoms with van der Waals surface area (Å²) in [5.74, 6) is -6.13. The molecule has 3 aromatic carbocycles. The topological polar surface area (TPSA) is 270 Å². The average Bonchev–Trinajstić information content (AvgIpc) is 4.20. The second kappa shape index (κ2) is 23.8. The summed E-state index contributed by atoms with van der Waals surface area (Å²) < 4.78 is 49.1. The van der Waals surface area contributed by atoms with Crippen LogP contribution in [0.15, 0.2) is 69.4 Å². The Morgan fingerprint density at radius 3 is 0.853 bits per heavy atom. The van der Waals surface area contributed by atoms with Crippen LogP contribution in [0.5, 0.6) is 0 Å². The van der Waals surface area contributed by atoms with Crippen molar-refractivity contribution >= 4 is 120 Å². The maximum Gasteiger partial charge on any atom is 3.00 e. The maximum atomic E-state index is 14.6. The third-order valence-electron chi connectivity index (χ3n) is 14.0. The normalized spacial score (nSPS) is 17.4. The van der Waals surface area contributed by atoms with Crippen LogP contribution in [0.2, 0.25) is 0 Å². The molecule has 0 unspecified atom stereocenters. The molecular weight excluding hydrogens is 1370 g/mol. The van der Waals surface area contributed by atoms with Crippen molar-refractivity contribution < 1.29 is 48.4 Å². The second-order valence-corrected chi connectivity index (χ2v) is 18.8. The molecule has 4 radical (unpaired) electrons. The predicted octanol–water partition coefficient (Wildman–Crippen LogP) is 1.51. The van der Waals surface area contributed by atoms with Crippen LogP contribution < -0.4 is 46.3 Å². The SMILES string of the molecule is O.O=C([O-])c1cn(C2CC2)c2cc(N3CC[N-]CC3)c(F)cc2c1=O.O=C([O-])c1cn(C2CC2)c2cc(N3CC[N-]CC3)c(F)cc2c1=O.O=C([O-])c1cn(C2CC2)c2cc(N3CC[N-]CC3)c(F)cc2c1=O.[Bi+3].[Bi+3]. The first kappa shape index (κ1) is 57.2. The van der Waals surface area contributed by atoms with Gasteiger partial charge < -0.3 is 79.5 Å². The largest absolute Gasteiger partial charge is 3.00 e. The Kier molecular flexibility index (Phi) is 18.2. The Morgan fingerprint density at radius 1 is 0.427 bits per heavy atom. The minimum absolute atomic E-state index is 0. The first-order valence-electron chi connectivity index (χ1n) is 24.1. The van der Waals surface area contributed by atoms with Crippen molar-refractivity contribution in [3.63, 3.8) is 0 Å². The number of carbonyl (C=O) groups is 3. The first-order valence-corrected chi connectivity index (χ1v) is 24.1. The maximum absolute atomic E-state index is 14.6. The van der Waals surface area contributed by atoms with Gasteiger partial charge in [0.25, 0.3) is 0 Å². The number of halogens is 3. The van der Waals surface area contributed by atoms with Crippen LogP contribution in [0.25, 0.3) is 48.7 Å². The molecule has 3 aromatic heterocycles. The Balaban J connectivity index is 0.000000161. The monoisotopic (exact) mass is 1420 g/mol. The van der Waals surface area contributed by atoms with E-state index in [1.807, 2.05) is 14.7 Å². The number of pyridine rings is 3. The molecule has 6 fully saturated rings. The smallest absolute Gasteiger partial charge is 0.659 e. The van der Waals surface area contributed by atoms with Gasteiger partial charge in [0.1, 0.15) is 17.5 Å². The number of fused-ring (bicyclic) bond motifs is 3. The summed E-state index contributed by atoms with van der Waals surface area (Å²) in [4.78, 5) is 76.5. The number of rotatable bonds is 9. The van der Waals surface area contributed by atoms with E-state index in [9.17, 15) is 57.3 Å². The van der Waals surface area contributed by atoms with E-state index in [0.29, 0.717) is 112 Å². The van der Waals surface area contributed by atoms with Gasteiger partial charge in [-0.1, -0.05) is 0 Å². The molecule has 6 heterocycles. The van der Waals surface area contributed by atoms with Crippen LogP contribution in [-0.2, 0) is 0 Å². The Hall–Kier alpha value is -5.50. The van der Waals surface area contributed by atoms with Gasteiger partial charge >= 0.3 is 52.4 Å². The molecule has 6 aromatic rings. The molecule has 0 amide bonds. The molecule has 19 nitrogen and oxygen atoms in total. The van der Waals surface area contributed by atoms with Crippen LogP contribution in [0.1, 0.15) is 87.7 Å². The van der Waals surface area contributed by atoms with E-state index in [4.69, 9.17) is 0 Å². The number of benzene rings is 3. The number of carboxylic acids is 3. The van der Waals surface area contributed by atoms with E-state index in [1.165, 1.54) is 18.6 Å². The van der Waals surface area contributed by atoms with Crippen molar-refractivity contribution in [3.8, 4) is 0 Å². The third-order valence-corrected chi connectivity index (χ3v) is 14.0. The summed E-state index contributed by atoms with van der Waals surface area (Å²) in [7, 11) is 0. The number of nitrogens with zero attached hydrogens (tertiary/aromatic N) is 9. The molecule has 3 saturated heterocycles. The fourth-order valence-electron chi connectivity index (χ4n) is 9.75. The van der Waals surface area contributed by atoms with Crippen molar-refractivity contribution in [1.82, 2.24) is 13.7 Å². The minimum atomic E-state index is -1.53. The zero-order chi connectivity index (χ0) is 50.5. The predicted molar refractivity (Wildman–Crippen MR) is 273 cm³/mol. The van der Waals surface area contributed by atoms with Crippen molar-refractivity contribution in [1.29, 1.82) is 0 Å². The number of carbonyl (C=O) groups excluding carboxylic acids is 3. The molecule has 75 heavy (non-hydrogen) atoms. The van der Waals surface area contributed by atoms with Gasteiger partial charge in [-0.25, -0.2) is 13.2 Å². The summed E-state index contributed by atoms with van der Waals surface area (Å²) in [6.07, 6.45) is 9.51. The number of piperazine rings is 3. The summed E-state index contributed by atoms with van der Waals surface area (Å²) in [5.41, 5.74) is -0.297. The molecule has 12 rings (SSSR count). The number of anilines is 3. The quantitative estimate of drug-likeness (QED) is 0.187. The molecule has 0 atom stereocenters. The van der Waals surface area contributed by atoms with Gasteiger partial charge in [-0.05, 0) is 114 Å². The average molecular weight is 1420 g/mol. The molecule has 6 aliphatic rings. The Morgan fingerprint density at radius 2 is 0.653 bits per heavy atom. The molecular formula is C51H50Bi2F3N9O10. The molecule has 0 spiro atoms. The molecule has 3 aliphatic carbocycles. The first-order chi connectivity index (χ1) is 34.7. The molecule has 0 bridgehead atoms. The van der Waals surface area contributed by atoms with Crippen molar-refractivity contribution in [2.24, 2.45) is 0 Å². The third kappa shape index (κ3) is 11.9. The Bertz CT molecular complexity index is 3010. The molecule has 2 N–H and O–H groups in total. The van der Waals surface area contributed by atoms with E-state index in [1.54, 1.807) is 31.9 Å². The van der Waals surface area contributed by atoms with Gasteiger partial charge in [0.05, 0.1) is 68.2 Å². The standard InChI is InChI=1S/3C17H17FN3O3.2Bi.H2O/c3*18-13-7-11-14(8-15(13)20-5-3-19-4-6-20)21(10-1-2-10)9-12(16(11)22)17(23)24;;;/h3*7-10H,1-6H2,(H,23,24);;;1H2/q3*-1;2*+3;/p-3. The van der Waals surface area contributed by atoms with Crippen molar-refractivity contribution in [3.05, 3.63) is 136 Å². The van der Waals surface area contributed by atoms with Crippen LogP contribution in [0.3, 0.4) is 0 Å². The van der Waals surface area contributed by atoms with E-state index >= 15 is 0 Å². The zero-order valence-electron chi connectivity index (χ0n) is 40.4. The van der Waals surface area contributed by atoms with Crippen LogP contribution in [0.4, 0.5) is 30.2 Å². The van der Waals surface area contributed by atoms with Gasteiger partial charge in [-0.3, -0.25) is 14.4 Å². The van der Waals surface area contributed by atoms with E-state index in [-0.39, 0.29) is 92.2 Å². The van der Waals surface area contributed by atoms with Gasteiger partial charge in [0.2, 0.25) is 0 Å². The summed E-state index contributed by atoms with van der Waals surface area (Å²) in [6.45, 7) is 7.69. The number of aromatic carboxylic acids is 3. The minimum Gasteiger partial charge on any atom is -0.659 e. The Labute approximate surface area is 464 Å². The summed E-state index contributed by atoms with van der Waals surface area (Å²) in [6, 6.07) is 8.92. The van der Waals surface area contributed by atoms with Crippen LogP contribution in [-0.4, -0.2) is 168 Å². The molecule has 3 saturated carbocycles. The zero-order valence-corrected chi connectivity index (χ0v) is 47.3. The van der Waals surface area contributed by atoms with Gasteiger partial charge in [-0.15, -0.1) is 39.3 Å². The van der Waals surface area contributed by atoms with Crippen LogP contribution in [0, 0.1) is 17.5 Å². The van der Waals surface area contributed by atoms with E-state index < -0.39 is 68.3 Å². The number of hydrogen-bond acceptors (Lipinski definition) is 12. The summed E-state index contributed by atoms with van der Waals surface area (Å²) in [5, 5.41) is 46.7. The van der Waals surface area contributed by atoms with Gasteiger partial charge in [0, 0.05) is 52.9 Å². The molecule has 3 aliphatic heterocycles. The van der Waals surface area contributed by atoms with Crippen molar-refractivity contribution in [2.75, 3.05) is 93.2 Å². The second-order valence-electron chi connectivity index (χ2n) is 18.8. The fraction of sp³-hybridized carbons (Fsp3) is 0.412. The molecule has 24 heteroatoms. The van der Waals surface area contributed by atoms with Crippen molar-refractivity contribution in [2.45, 2.75) is 56.7 Å². The fourth-order valence-corrected chi connectivity index (χ4v) is 9.75. The number of carboxylic acid groups (broad SMARTS) is 3. The number of hydrogen-bond donors (Lipinski definition) is 0. The van der Waals surface area contributed by atoms with Gasteiger partial charge in [0.15, 0.2) is 16.3 Å². The number of aromatic nitrogens is 3.